The van der Waals surface area contributed by atoms with E-state index in [4.69, 9.17) is 0 Å². The molecule has 0 aliphatic heterocycles. The first-order valence-electron chi connectivity index (χ1n) is 8.09. The number of hydrogen-bond donors (Lipinski definition) is 1. The van der Waals surface area contributed by atoms with Gasteiger partial charge in [0.05, 0.1) is 16.0 Å². The fourth-order valence-corrected chi connectivity index (χ4v) is 5.42. The number of hydrogen-bond acceptors (Lipinski definition) is 2. The van der Waals surface area contributed by atoms with Crippen LogP contribution in [-0.2, 0) is 10.8 Å². The molecule has 1 aromatic rings. The summed E-state index contributed by atoms with van der Waals surface area (Å²) in [7, 11) is 1.09. The van der Waals surface area contributed by atoms with Gasteiger partial charge in [-0.1, -0.05) is 31.5 Å². The maximum atomic E-state index is 13.1. The predicted molar refractivity (Wildman–Crippen MR) is 91.1 cm³/mol. The lowest BCUT2D eigenvalue weighted by Crippen LogP contribution is -2.45. The summed E-state index contributed by atoms with van der Waals surface area (Å²) in [6.45, 7) is 8.76. The van der Waals surface area contributed by atoms with Crippen LogP contribution in [0.15, 0.2) is 23.1 Å². The molecule has 0 heterocycles. The summed E-state index contributed by atoms with van der Waals surface area (Å²) in [5.41, 5.74) is 2.40. The van der Waals surface area contributed by atoms with Crippen LogP contribution in [-0.4, -0.2) is 22.5 Å². The van der Waals surface area contributed by atoms with E-state index < -0.39 is 10.8 Å². The highest BCUT2D eigenvalue weighted by atomic mass is 32.2. The van der Waals surface area contributed by atoms with Crippen molar-refractivity contribution in [3.05, 3.63) is 29.3 Å². The third kappa shape index (κ3) is 3.75. The van der Waals surface area contributed by atoms with E-state index in [2.05, 4.69) is 51.2 Å². The molecule has 1 aliphatic carbocycles. The Morgan fingerprint density at radius 2 is 1.95 bits per heavy atom. The summed E-state index contributed by atoms with van der Waals surface area (Å²) in [5, 5.41) is 3.64. The van der Waals surface area contributed by atoms with Crippen LogP contribution in [0.5, 0.6) is 0 Å². The second-order valence-corrected chi connectivity index (χ2v) is 8.46. The monoisotopic (exact) mass is 307 g/mol. The van der Waals surface area contributed by atoms with Gasteiger partial charge >= 0.3 is 0 Å². The molecule has 0 bridgehead atoms. The molecule has 0 radical (unpaired) electrons. The molecule has 1 saturated carbocycles. The number of aryl methyl sites for hydroxylation is 2. The van der Waals surface area contributed by atoms with Crippen LogP contribution in [0.4, 0.5) is 0 Å². The van der Waals surface area contributed by atoms with E-state index in [9.17, 15) is 4.21 Å². The Balaban J connectivity index is 2.25. The summed E-state index contributed by atoms with van der Waals surface area (Å²) < 4.78 is 13.1. The van der Waals surface area contributed by atoms with E-state index in [0.29, 0.717) is 17.9 Å². The van der Waals surface area contributed by atoms with Crippen molar-refractivity contribution in [1.82, 2.24) is 5.32 Å². The van der Waals surface area contributed by atoms with E-state index in [-0.39, 0.29) is 5.25 Å². The summed E-state index contributed by atoms with van der Waals surface area (Å²) >= 11 is 0. The molecule has 2 nitrogen and oxygen atoms in total. The molecule has 1 aliphatic rings. The molecule has 3 heteroatoms. The fraction of sp³-hybridized carbons (Fsp3) is 0.667. The van der Waals surface area contributed by atoms with E-state index in [1.807, 2.05) is 7.05 Å². The molecule has 1 fully saturated rings. The molecule has 1 aromatic carbocycles. The molecule has 0 amide bonds. The largest absolute Gasteiger partial charge is 0.316 e. The van der Waals surface area contributed by atoms with Gasteiger partial charge in [0, 0.05) is 10.9 Å². The second-order valence-electron chi connectivity index (χ2n) is 6.82. The third-order valence-corrected chi connectivity index (χ3v) is 6.93. The number of nitrogens with one attached hydrogen (secondary N) is 1. The van der Waals surface area contributed by atoms with Crippen LogP contribution >= 0.6 is 0 Å². The van der Waals surface area contributed by atoms with E-state index in [1.165, 1.54) is 12.0 Å². The maximum absolute atomic E-state index is 13.1. The molecule has 21 heavy (non-hydrogen) atoms. The van der Waals surface area contributed by atoms with Crippen molar-refractivity contribution in [2.45, 2.75) is 63.1 Å². The zero-order chi connectivity index (χ0) is 15.6. The maximum Gasteiger partial charge on any atom is 0.0579 e. The highest BCUT2D eigenvalue weighted by Gasteiger charge is 2.35. The molecular weight excluding hydrogens is 278 g/mol. The van der Waals surface area contributed by atoms with Crippen LogP contribution < -0.4 is 5.32 Å². The van der Waals surface area contributed by atoms with Crippen molar-refractivity contribution in [2.24, 2.45) is 11.8 Å². The van der Waals surface area contributed by atoms with Gasteiger partial charge in [0.2, 0.25) is 0 Å². The molecule has 0 spiro atoms. The highest BCUT2D eigenvalue weighted by Crippen LogP contribution is 2.35. The first-order chi connectivity index (χ1) is 9.93. The fourth-order valence-electron chi connectivity index (χ4n) is 3.52. The number of rotatable bonds is 4. The van der Waals surface area contributed by atoms with Crippen LogP contribution in [0.3, 0.4) is 0 Å². The molecule has 2 rings (SSSR count). The summed E-state index contributed by atoms with van der Waals surface area (Å²) in [5.74, 6) is 1.38. The molecule has 0 saturated heterocycles. The lowest BCUT2D eigenvalue weighted by molar-refractivity contribution is 0.249. The predicted octanol–water partition coefficient (Wildman–Crippen LogP) is 3.82. The molecule has 118 valence electrons. The Hall–Kier alpha value is -0.670. The zero-order valence-corrected chi connectivity index (χ0v) is 14.8. The van der Waals surface area contributed by atoms with Gasteiger partial charge in [-0.3, -0.25) is 4.21 Å². The smallest absolute Gasteiger partial charge is 0.0579 e. The minimum absolute atomic E-state index is 0.234. The van der Waals surface area contributed by atoms with E-state index in [0.717, 1.165) is 23.3 Å². The molecular formula is C18H29NOS. The van der Waals surface area contributed by atoms with Gasteiger partial charge in [-0.2, -0.15) is 0 Å². The summed E-state index contributed by atoms with van der Waals surface area (Å²) in [4.78, 5) is 1.02. The summed E-state index contributed by atoms with van der Waals surface area (Å²) in [6.07, 6.45) is 3.47. The van der Waals surface area contributed by atoms with Gasteiger partial charge in [-0.05, 0) is 63.6 Å². The summed E-state index contributed by atoms with van der Waals surface area (Å²) in [6, 6.07) is 6.66. The highest BCUT2D eigenvalue weighted by molar-refractivity contribution is 7.85. The van der Waals surface area contributed by atoms with Crippen molar-refractivity contribution in [2.75, 3.05) is 7.05 Å². The van der Waals surface area contributed by atoms with Gasteiger partial charge in [0.25, 0.3) is 0 Å². The van der Waals surface area contributed by atoms with Crippen molar-refractivity contribution >= 4 is 10.8 Å². The Morgan fingerprint density at radius 3 is 2.52 bits per heavy atom. The quantitative estimate of drug-likeness (QED) is 0.916. The van der Waals surface area contributed by atoms with Crippen LogP contribution in [0.1, 0.15) is 44.2 Å². The first-order valence-corrected chi connectivity index (χ1v) is 9.30. The Labute approximate surface area is 132 Å². The lowest BCUT2D eigenvalue weighted by Gasteiger charge is -2.37. The van der Waals surface area contributed by atoms with Crippen LogP contribution in [0.25, 0.3) is 0 Å². The molecule has 4 atom stereocenters. The molecule has 0 aromatic heterocycles. The Kier molecular flexibility index (Phi) is 5.61. The normalized spacial score (nSPS) is 27.8. The third-order valence-electron chi connectivity index (χ3n) is 4.97. The second kappa shape index (κ2) is 7.06. The van der Waals surface area contributed by atoms with Gasteiger partial charge in [-0.25, -0.2) is 0 Å². The molecule has 1 N–H and O–H groups in total. The van der Waals surface area contributed by atoms with E-state index in [1.54, 1.807) is 0 Å². The first kappa shape index (κ1) is 16.7. The Morgan fingerprint density at radius 1 is 1.24 bits per heavy atom. The van der Waals surface area contributed by atoms with Crippen molar-refractivity contribution in [3.63, 3.8) is 0 Å². The van der Waals surface area contributed by atoms with Gasteiger partial charge in [0.15, 0.2) is 0 Å². The van der Waals surface area contributed by atoms with Crippen LogP contribution in [0, 0.1) is 25.7 Å². The minimum atomic E-state index is -0.919. The van der Waals surface area contributed by atoms with Gasteiger partial charge in [0.1, 0.15) is 0 Å². The van der Waals surface area contributed by atoms with Gasteiger partial charge < -0.3 is 5.32 Å². The van der Waals surface area contributed by atoms with E-state index >= 15 is 0 Å². The molecule has 4 unspecified atom stereocenters. The standard InChI is InChI=1S/C18H29NOS/c1-12(2)15-7-8-16(19-5)18(11-15)21(20)17-9-6-13(3)10-14(17)4/h6,9-10,12,15-16,18-19H,7-8,11H2,1-5H3. The minimum Gasteiger partial charge on any atom is -0.316 e. The van der Waals surface area contributed by atoms with Crippen molar-refractivity contribution < 1.29 is 4.21 Å². The van der Waals surface area contributed by atoms with Crippen molar-refractivity contribution in [3.8, 4) is 0 Å². The average molecular weight is 308 g/mol. The zero-order valence-electron chi connectivity index (χ0n) is 14.0. The number of benzene rings is 1. The Bertz CT molecular complexity index is 512. The van der Waals surface area contributed by atoms with Crippen molar-refractivity contribution in [1.29, 1.82) is 0 Å². The lowest BCUT2D eigenvalue weighted by atomic mass is 9.79. The van der Waals surface area contributed by atoms with Gasteiger partial charge in [-0.15, -0.1) is 0 Å². The van der Waals surface area contributed by atoms with Crippen LogP contribution in [0.2, 0.25) is 0 Å². The average Bonchev–Trinajstić information content (AvgIpc) is 2.45. The topological polar surface area (TPSA) is 29.1 Å². The SMILES string of the molecule is CNC1CCC(C(C)C)CC1S(=O)c1ccc(C)cc1C.